The van der Waals surface area contributed by atoms with Crippen LogP contribution in [0.2, 0.25) is 0 Å². The van der Waals surface area contributed by atoms with Gasteiger partial charge in [-0.2, -0.15) is 0 Å². The van der Waals surface area contributed by atoms with Gasteiger partial charge in [-0.05, 0) is 18.6 Å². The lowest BCUT2D eigenvalue weighted by Gasteiger charge is -2.01. The Morgan fingerprint density at radius 1 is 1.40 bits per heavy atom. The fourth-order valence-corrected chi connectivity index (χ4v) is 1.35. The minimum Gasteiger partial charge on any atom is -0.352 e. The molecule has 0 radical (unpaired) electrons. The van der Waals surface area contributed by atoms with Gasteiger partial charge in [-0.15, -0.1) is 0 Å². The van der Waals surface area contributed by atoms with Crippen molar-refractivity contribution in [3.63, 3.8) is 0 Å². The van der Waals surface area contributed by atoms with Crippen molar-refractivity contribution in [1.82, 2.24) is 15.3 Å². The van der Waals surface area contributed by atoms with Crippen LogP contribution in [-0.2, 0) is 0 Å². The molecule has 1 aromatic carbocycles. The van der Waals surface area contributed by atoms with Gasteiger partial charge in [0.15, 0.2) is 0 Å². The maximum atomic E-state index is 11.3. The summed E-state index contributed by atoms with van der Waals surface area (Å²) < 4.78 is 0. The van der Waals surface area contributed by atoms with Gasteiger partial charge in [0.05, 0.1) is 5.52 Å². The monoisotopic (exact) mass is 201 g/mol. The molecule has 0 aliphatic heterocycles. The number of aromatic nitrogens is 2. The Morgan fingerprint density at radius 2 is 2.20 bits per heavy atom. The minimum absolute atomic E-state index is 0.204. The van der Waals surface area contributed by atoms with Crippen LogP contribution in [0.1, 0.15) is 16.2 Å². The second-order valence-electron chi connectivity index (χ2n) is 3.34. The summed E-state index contributed by atoms with van der Waals surface area (Å²) in [5, 5.41) is 3.43. The van der Waals surface area contributed by atoms with Crippen molar-refractivity contribution in [3.8, 4) is 0 Å². The van der Waals surface area contributed by atoms with Gasteiger partial charge in [0.25, 0.3) is 5.91 Å². The minimum atomic E-state index is -0.265. The van der Waals surface area contributed by atoms with Crippen LogP contribution in [0.4, 0.5) is 0 Å². The topological polar surface area (TPSA) is 54.9 Å². The molecule has 1 heterocycles. The Labute approximate surface area is 87.4 Å². The number of nitrogens with zero attached hydrogens (tertiary/aromatic N) is 2. The Bertz CT molecular complexity index is 522. The van der Waals surface area contributed by atoms with E-state index in [4.69, 9.17) is 0 Å². The van der Waals surface area contributed by atoms with Gasteiger partial charge in [0.1, 0.15) is 0 Å². The largest absolute Gasteiger partial charge is 0.352 e. The Morgan fingerprint density at radius 3 is 2.93 bits per heavy atom. The number of amides is 1. The Hall–Kier alpha value is -1.97. The summed E-state index contributed by atoms with van der Waals surface area (Å²) in [6.45, 7) is 1.99. The van der Waals surface area contributed by atoms with E-state index in [1.54, 1.807) is 13.2 Å². The van der Waals surface area contributed by atoms with Crippen LogP contribution in [-0.4, -0.2) is 22.9 Å². The maximum absolute atomic E-state index is 11.3. The maximum Gasteiger partial charge on any atom is 0.288 e. The van der Waals surface area contributed by atoms with Crippen LogP contribution in [0, 0.1) is 6.92 Å². The molecule has 2 rings (SSSR count). The molecule has 15 heavy (non-hydrogen) atoms. The third kappa shape index (κ3) is 1.79. The van der Waals surface area contributed by atoms with E-state index in [1.165, 1.54) is 0 Å². The molecule has 0 saturated heterocycles. The third-order valence-electron chi connectivity index (χ3n) is 2.17. The van der Waals surface area contributed by atoms with Crippen molar-refractivity contribution < 1.29 is 4.79 Å². The van der Waals surface area contributed by atoms with Crippen LogP contribution < -0.4 is 5.32 Å². The number of nitrogens with one attached hydrogen (secondary N) is 1. The molecular weight excluding hydrogens is 190 g/mol. The lowest BCUT2D eigenvalue weighted by molar-refractivity contribution is 0.0953. The lowest BCUT2D eigenvalue weighted by Crippen LogP contribution is -2.20. The van der Waals surface area contributed by atoms with Crippen molar-refractivity contribution >= 4 is 16.8 Å². The summed E-state index contributed by atoms with van der Waals surface area (Å²) in [6, 6.07) is 5.87. The van der Waals surface area contributed by atoms with E-state index in [0.29, 0.717) is 0 Å². The first-order chi connectivity index (χ1) is 7.20. The van der Waals surface area contributed by atoms with Gasteiger partial charge in [0.2, 0.25) is 5.82 Å². The average Bonchev–Trinajstić information content (AvgIpc) is 2.27. The highest BCUT2D eigenvalue weighted by Crippen LogP contribution is 2.12. The van der Waals surface area contributed by atoms with Crippen LogP contribution in [0.3, 0.4) is 0 Å². The number of aryl methyl sites for hydroxylation is 1. The summed E-state index contributed by atoms with van der Waals surface area (Å²) in [7, 11) is 1.56. The van der Waals surface area contributed by atoms with Crippen LogP contribution >= 0.6 is 0 Å². The molecule has 0 saturated carbocycles. The summed E-state index contributed by atoms with van der Waals surface area (Å²) >= 11 is 0. The number of carbonyl (C=O) groups is 1. The second kappa shape index (κ2) is 3.65. The van der Waals surface area contributed by atoms with Crippen molar-refractivity contribution in [2.45, 2.75) is 6.92 Å². The number of hydrogen-bond acceptors (Lipinski definition) is 3. The summed E-state index contributed by atoms with van der Waals surface area (Å²) in [5.41, 5.74) is 1.91. The summed E-state index contributed by atoms with van der Waals surface area (Å²) in [5.74, 6) is -0.0611. The van der Waals surface area contributed by atoms with Gasteiger partial charge in [-0.3, -0.25) is 4.79 Å². The zero-order valence-corrected chi connectivity index (χ0v) is 8.61. The molecule has 0 atom stereocenters. The van der Waals surface area contributed by atoms with Gasteiger partial charge in [0, 0.05) is 18.6 Å². The van der Waals surface area contributed by atoms with Crippen molar-refractivity contribution in [1.29, 1.82) is 0 Å². The number of fused-ring (bicyclic) bond motifs is 1. The van der Waals surface area contributed by atoms with E-state index < -0.39 is 0 Å². The molecule has 4 nitrogen and oxygen atoms in total. The van der Waals surface area contributed by atoms with E-state index in [2.05, 4.69) is 15.3 Å². The Kier molecular flexibility index (Phi) is 2.33. The van der Waals surface area contributed by atoms with Crippen LogP contribution in [0.15, 0.2) is 24.4 Å². The van der Waals surface area contributed by atoms with Gasteiger partial charge in [-0.25, -0.2) is 9.97 Å². The quantitative estimate of drug-likeness (QED) is 0.756. The molecule has 2 aromatic rings. The molecule has 4 heteroatoms. The third-order valence-corrected chi connectivity index (χ3v) is 2.17. The zero-order valence-electron chi connectivity index (χ0n) is 8.61. The summed E-state index contributed by atoms with van der Waals surface area (Å²) in [6.07, 6.45) is 1.66. The number of rotatable bonds is 1. The molecule has 0 spiro atoms. The second-order valence-corrected chi connectivity index (χ2v) is 3.34. The lowest BCUT2D eigenvalue weighted by atomic mass is 10.2. The average molecular weight is 201 g/mol. The molecule has 1 N–H and O–H groups in total. The standard InChI is InChI=1S/C11H11N3O/c1-7-3-4-8-6-13-10(11(15)12-2)14-9(8)5-7/h3-6H,1-2H3,(H,12,15). The fraction of sp³-hybridized carbons (Fsp3) is 0.182. The van der Waals surface area contributed by atoms with Crippen molar-refractivity contribution in [2.24, 2.45) is 0 Å². The zero-order chi connectivity index (χ0) is 10.8. The first kappa shape index (κ1) is 9.58. The van der Waals surface area contributed by atoms with Gasteiger partial charge >= 0.3 is 0 Å². The molecule has 0 bridgehead atoms. The first-order valence-corrected chi connectivity index (χ1v) is 4.66. The normalized spacial score (nSPS) is 10.3. The van der Waals surface area contributed by atoms with E-state index in [-0.39, 0.29) is 11.7 Å². The highest BCUT2D eigenvalue weighted by atomic mass is 16.2. The molecular formula is C11H11N3O. The molecule has 1 amide bonds. The fourth-order valence-electron chi connectivity index (χ4n) is 1.35. The predicted octanol–water partition coefficient (Wildman–Crippen LogP) is 1.30. The Balaban J connectivity index is 2.59. The van der Waals surface area contributed by atoms with Crippen LogP contribution in [0.25, 0.3) is 10.9 Å². The molecule has 1 aromatic heterocycles. The van der Waals surface area contributed by atoms with Crippen molar-refractivity contribution in [3.05, 3.63) is 35.8 Å². The number of hydrogen-bond donors (Lipinski definition) is 1. The highest BCUT2D eigenvalue weighted by molar-refractivity contribution is 5.92. The molecule has 0 aliphatic carbocycles. The highest BCUT2D eigenvalue weighted by Gasteiger charge is 2.07. The smallest absolute Gasteiger partial charge is 0.288 e. The van der Waals surface area contributed by atoms with E-state index >= 15 is 0 Å². The number of carbonyl (C=O) groups excluding carboxylic acids is 1. The van der Waals surface area contributed by atoms with E-state index in [0.717, 1.165) is 16.5 Å². The van der Waals surface area contributed by atoms with Gasteiger partial charge < -0.3 is 5.32 Å². The molecule has 0 aliphatic rings. The molecule has 0 fully saturated rings. The van der Waals surface area contributed by atoms with Crippen molar-refractivity contribution in [2.75, 3.05) is 7.05 Å². The SMILES string of the molecule is CNC(=O)c1ncc2ccc(C)cc2n1. The van der Waals surface area contributed by atoms with Gasteiger partial charge in [-0.1, -0.05) is 12.1 Å². The summed E-state index contributed by atoms with van der Waals surface area (Å²) in [4.78, 5) is 19.5. The first-order valence-electron chi connectivity index (χ1n) is 4.66. The predicted molar refractivity (Wildman–Crippen MR) is 57.7 cm³/mol. The molecule has 0 unspecified atom stereocenters. The van der Waals surface area contributed by atoms with E-state index in [9.17, 15) is 4.79 Å². The molecule has 76 valence electrons. The number of benzene rings is 1. The van der Waals surface area contributed by atoms with E-state index in [1.807, 2.05) is 25.1 Å². The van der Waals surface area contributed by atoms with Crippen LogP contribution in [0.5, 0.6) is 0 Å².